The van der Waals surface area contributed by atoms with E-state index in [2.05, 4.69) is 9.64 Å². The summed E-state index contributed by atoms with van der Waals surface area (Å²) in [6, 6.07) is 6.75. The van der Waals surface area contributed by atoms with Crippen LogP contribution in [0.4, 0.5) is 4.39 Å². The minimum absolute atomic E-state index is 0.0701. The van der Waals surface area contributed by atoms with Crippen LogP contribution in [0.15, 0.2) is 24.3 Å². The van der Waals surface area contributed by atoms with Crippen molar-refractivity contribution in [3.63, 3.8) is 0 Å². The maximum Gasteiger partial charge on any atom is 0.334 e. The monoisotopic (exact) mass is 281 g/mol. The van der Waals surface area contributed by atoms with Crippen LogP contribution >= 0.6 is 0 Å². The molecule has 110 valence electrons. The van der Waals surface area contributed by atoms with Crippen LogP contribution in [-0.4, -0.2) is 42.3 Å². The highest BCUT2D eigenvalue weighted by Gasteiger charge is 2.30. The second-order valence-electron chi connectivity index (χ2n) is 5.17. The van der Waals surface area contributed by atoms with Crippen LogP contribution in [-0.2, 0) is 16.1 Å². The number of carbonyl (C=O) groups excluding carboxylic acids is 1. The molecule has 1 atom stereocenters. The summed E-state index contributed by atoms with van der Waals surface area (Å²) in [7, 11) is 1.28. The third-order valence-electron chi connectivity index (χ3n) is 3.87. The summed E-state index contributed by atoms with van der Waals surface area (Å²) < 4.78 is 18.1. The predicted molar refractivity (Wildman–Crippen MR) is 72.4 cm³/mol. The van der Waals surface area contributed by atoms with Crippen molar-refractivity contribution in [1.82, 2.24) is 4.90 Å². The van der Waals surface area contributed by atoms with Gasteiger partial charge in [0.25, 0.3) is 0 Å². The Morgan fingerprint density at radius 1 is 1.45 bits per heavy atom. The Morgan fingerprint density at radius 2 is 2.10 bits per heavy atom. The van der Waals surface area contributed by atoms with Crippen LogP contribution in [0, 0.1) is 11.7 Å². The lowest BCUT2D eigenvalue weighted by atomic mass is 9.91. The molecule has 1 N–H and O–H groups in total. The van der Waals surface area contributed by atoms with Crippen LogP contribution in [0.3, 0.4) is 0 Å². The Morgan fingerprint density at radius 3 is 2.70 bits per heavy atom. The number of methoxy groups -OCH3 is 1. The number of likely N-dealkylation sites (tertiary alicyclic amines) is 1. The average molecular weight is 281 g/mol. The molecule has 0 bridgehead atoms. The fourth-order valence-corrected chi connectivity index (χ4v) is 2.61. The van der Waals surface area contributed by atoms with Gasteiger partial charge in [0.15, 0.2) is 6.10 Å². The van der Waals surface area contributed by atoms with Crippen molar-refractivity contribution in [2.75, 3.05) is 20.2 Å². The highest BCUT2D eigenvalue weighted by atomic mass is 19.1. The molecular formula is C15H20FNO3. The maximum atomic E-state index is 13.6. The third-order valence-corrected chi connectivity index (χ3v) is 3.87. The molecule has 0 aliphatic carbocycles. The molecule has 0 amide bonds. The lowest BCUT2D eigenvalue weighted by Crippen LogP contribution is -2.40. The van der Waals surface area contributed by atoms with Gasteiger partial charge in [-0.15, -0.1) is 0 Å². The summed E-state index contributed by atoms with van der Waals surface area (Å²) in [5.41, 5.74) is 0.680. The number of esters is 1. The van der Waals surface area contributed by atoms with Gasteiger partial charge >= 0.3 is 5.97 Å². The lowest BCUT2D eigenvalue weighted by Gasteiger charge is -2.33. The Bertz CT molecular complexity index is 458. The Balaban J connectivity index is 1.86. The van der Waals surface area contributed by atoms with E-state index < -0.39 is 12.1 Å². The van der Waals surface area contributed by atoms with Crippen molar-refractivity contribution < 1.29 is 19.0 Å². The van der Waals surface area contributed by atoms with Crippen molar-refractivity contribution in [1.29, 1.82) is 0 Å². The minimum Gasteiger partial charge on any atom is -0.467 e. The van der Waals surface area contributed by atoms with Crippen LogP contribution < -0.4 is 0 Å². The smallest absolute Gasteiger partial charge is 0.334 e. The molecule has 1 fully saturated rings. The first kappa shape index (κ1) is 14.9. The second kappa shape index (κ2) is 6.81. The Labute approximate surface area is 118 Å². The SMILES string of the molecule is COC(=O)C(O)C1CCN(Cc2ccccc2F)CC1. The number of hydrogen-bond donors (Lipinski definition) is 1. The van der Waals surface area contributed by atoms with E-state index >= 15 is 0 Å². The van der Waals surface area contributed by atoms with Gasteiger partial charge in [0, 0.05) is 12.1 Å². The van der Waals surface area contributed by atoms with E-state index in [1.165, 1.54) is 13.2 Å². The van der Waals surface area contributed by atoms with E-state index in [1.807, 2.05) is 6.07 Å². The van der Waals surface area contributed by atoms with Crippen molar-refractivity contribution in [3.05, 3.63) is 35.6 Å². The van der Waals surface area contributed by atoms with Gasteiger partial charge in [0.05, 0.1) is 7.11 Å². The quantitative estimate of drug-likeness (QED) is 0.851. The van der Waals surface area contributed by atoms with Crippen molar-refractivity contribution in [3.8, 4) is 0 Å². The number of aliphatic hydroxyl groups is 1. The Kier molecular flexibility index (Phi) is 5.09. The molecule has 1 aliphatic heterocycles. The standard InChI is InChI=1S/C15H20FNO3/c1-20-15(19)14(18)11-6-8-17(9-7-11)10-12-4-2-3-5-13(12)16/h2-5,11,14,18H,6-10H2,1H3. The number of ether oxygens (including phenoxy) is 1. The van der Waals surface area contributed by atoms with E-state index in [-0.39, 0.29) is 11.7 Å². The van der Waals surface area contributed by atoms with Crippen molar-refractivity contribution >= 4 is 5.97 Å². The van der Waals surface area contributed by atoms with E-state index in [9.17, 15) is 14.3 Å². The molecule has 1 saturated heterocycles. The molecule has 1 heterocycles. The fraction of sp³-hybridized carbons (Fsp3) is 0.533. The zero-order valence-electron chi connectivity index (χ0n) is 11.6. The zero-order chi connectivity index (χ0) is 14.5. The van der Waals surface area contributed by atoms with Crippen molar-refractivity contribution in [2.24, 2.45) is 5.92 Å². The summed E-state index contributed by atoms with van der Waals surface area (Å²) in [5, 5.41) is 9.81. The van der Waals surface area contributed by atoms with Gasteiger partial charge < -0.3 is 9.84 Å². The van der Waals surface area contributed by atoms with Crippen LogP contribution in [0.25, 0.3) is 0 Å². The second-order valence-corrected chi connectivity index (χ2v) is 5.17. The maximum absolute atomic E-state index is 13.6. The number of carbonyl (C=O) groups is 1. The van der Waals surface area contributed by atoms with Gasteiger partial charge in [0.2, 0.25) is 0 Å². The molecule has 5 heteroatoms. The van der Waals surface area contributed by atoms with E-state index in [4.69, 9.17) is 0 Å². The van der Waals surface area contributed by atoms with Gasteiger partial charge in [-0.3, -0.25) is 4.90 Å². The van der Waals surface area contributed by atoms with Crippen LogP contribution in [0.5, 0.6) is 0 Å². The highest BCUT2D eigenvalue weighted by molar-refractivity contribution is 5.74. The first-order valence-electron chi connectivity index (χ1n) is 6.83. The molecule has 20 heavy (non-hydrogen) atoms. The van der Waals surface area contributed by atoms with E-state index in [0.717, 1.165) is 13.1 Å². The topological polar surface area (TPSA) is 49.8 Å². The molecule has 1 aliphatic rings. The zero-order valence-corrected chi connectivity index (χ0v) is 11.6. The lowest BCUT2D eigenvalue weighted by molar-refractivity contribution is -0.154. The largest absolute Gasteiger partial charge is 0.467 e. The molecule has 0 radical (unpaired) electrons. The number of benzene rings is 1. The average Bonchev–Trinajstić information content (AvgIpc) is 2.49. The molecule has 0 spiro atoms. The highest BCUT2D eigenvalue weighted by Crippen LogP contribution is 2.23. The van der Waals surface area contributed by atoms with Gasteiger partial charge in [-0.2, -0.15) is 0 Å². The molecule has 2 rings (SSSR count). The molecule has 1 aromatic carbocycles. The first-order valence-corrected chi connectivity index (χ1v) is 6.83. The summed E-state index contributed by atoms with van der Waals surface area (Å²) >= 11 is 0. The third kappa shape index (κ3) is 3.55. The summed E-state index contributed by atoms with van der Waals surface area (Å²) in [6.45, 7) is 2.05. The van der Waals surface area contributed by atoms with Crippen molar-refractivity contribution in [2.45, 2.75) is 25.5 Å². The normalized spacial score (nSPS) is 18.8. The fourth-order valence-electron chi connectivity index (χ4n) is 2.61. The molecule has 0 saturated carbocycles. The number of aliphatic hydroxyl groups excluding tert-OH is 1. The summed E-state index contributed by atoms with van der Waals surface area (Å²) in [6.07, 6.45) is 0.380. The molecule has 1 unspecified atom stereocenters. The summed E-state index contributed by atoms with van der Waals surface area (Å²) in [5.74, 6) is -0.832. The minimum atomic E-state index is -1.05. The molecule has 4 nitrogen and oxygen atoms in total. The van der Waals surface area contributed by atoms with Gasteiger partial charge in [0.1, 0.15) is 5.82 Å². The number of nitrogens with zero attached hydrogens (tertiary/aromatic N) is 1. The predicted octanol–water partition coefficient (Wildman–Crippen LogP) is 1.57. The molecular weight excluding hydrogens is 261 g/mol. The van der Waals surface area contributed by atoms with E-state index in [0.29, 0.717) is 24.9 Å². The van der Waals surface area contributed by atoms with Crippen LogP contribution in [0.1, 0.15) is 18.4 Å². The van der Waals surface area contributed by atoms with Crippen LogP contribution in [0.2, 0.25) is 0 Å². The first-order chi connectivity index (χ1) is 9.61. The summed E-state index contributed by atoms with van der Waals surface area (Å²) in [4.78, 5) is 13.4. The number of hydrogen-bond acceptors (Lipinski definition) is 4. The van der Waals surface area contributed by atoms with E-state index in [1.54, 1.807) is 12.1 Å². The molecule has 0 aromatic heterocycles. The van der Waals surface area contributed by atoms with Gasteiger partial charge in [-0.25, -0.2) is 9.18 Å². The molecule has 1 aromatic rings. The van der Waals surface area contributed by atoms with Gasteiger partial charge in [-0.1, -0.05) is 18.2 Å². The Hall–Kier alpha value is -1.46. The number of piperidine rings is 1. The number of halogens is 1. The van der Waals surface area contributed by atoms with Gasteiger partial charge in [-0.05, 0) is 37.9 Å². The number of rotatable bonds is 4.